The molecule has 1 aliphatic carbocycles. The minimum absolute atomic E-state index is 0.0155. The van der Waals surface area contributed by atoms with Crippen molar-refractivity contribution in [2.45, 2.75) is 79.8 Å². The Morgan fingerprint density at radius 1 is 0.680 bits per heavy atom. The van der Waals surface area contributed by atoms with Gasteiger partial charge in [-0.1, -0.05) is 31.2 Å². The number of methoxy groups -OCH3 is 2. The number of carbonyl (C=O) groups excluding carboxylic acids is 2. The summed E-state index contributed by atoms with van der Waals surface area (Å²) in [7, 11) is 3.30. The monoisotopic (exact) mass is 676 g/mol. The summed E-state index contributed by atoms with van der Waals surface area (Å²) >= 11 is 0. The second kappa shape index (κ2) is 13.0. The zero-order valence-corrected chi connectivity index (χ0v) is 30.5. The summed E-state index contributed by atoms with van der Waals surface area (Å²) in [5.41, 5.74) is 9.45. The Balaban J connectivity index is 0.000000173. The summed E-state index contributed by atoms with van der Waals surface area (Å²) in [6.07, 6.45) is 2.61. The van der Waals surface area contributed by atoms with Gasteiger partial charge in [-0.15, -0.1) is 0 Å². The fourth-order valence-corrected chi connectivity index (χ4v) is 7.55. The van der Waals surface area contributed by atoms with E-state index in [9.17, 15) is 19.8 Å². The highest BCUT2D eigenvalue weighted by atomic mass is 16.5. The van der Waals surface area contributed by atoms with Crippen LogP contribution in [-0.2, 0) is 9.59 Å². The van der Waals surface area contributed by atoms with Gasteiger partial charge in [-0.3, -0.25) is 9.59 Å². The topological polar surface area (TPSA) is 99.5 Å². The van der Waals surface area contributed by atoms with E-state index in [2.05, 4.69) is 0 Å². The van der Waals surface area contributed by atoms with Crippen LogP contribution < -0.4 is 19.3 Å². The summed E-state index contributed by atoms with van der Waals surface area (Å²) in [4.78, 5) is 29.3. The lowest BCUT2D eigenvalue weighted by Crippen LogP contribution is -2.57. The minimum atomic E-state index is -0.270. The number of rotatable bonds is 7. The lowest BCUT2D eigenvalue weighted by Gasteiger charge is -2.48. The van der Waals surface area contributed by atoms with Crippen LogP contribution in [0.2, 0.25) is 0 Å². The molecule has 0 aromatic heterocycles. The van der Waals surface area contributed by atoms with E-state index >= 15 is 0 Å². The largest absolute Gasteiger partial charge is 0.508 e. The molecule has 2 heterocycles. The van der Waals surface area contributed by atoms with Gasteiger partial charge in [0.15, 0.2) is 0 Å². The zero-order valence-electron chi connectivity index (χ0n) is 30.5. The van der Waals surface area contributed by atoms with Crippen molar-refractivity contribution in [1.82, 2.24) is 0 Å². The maximum absolute atomic E-state index is 12.9. The third kappa shape index (κ3) is 5.64. The highest BCUT2D eigenvalue weighted by Crippen LogP contribution is 2.67. The van der Waals surface area contributed by atoms with Crippen molar-refractivity contribution in [3.8, 4) is 23.0 Å². The van der Waals surface area contributed by atoms with Gasteiger partial charge < -0.3 is 29.5 Å². The number of anilines is 2. The first kappa shape index (κ1) is 34.9. The molecule has 4 aromatic carbocycles. The highest BCUT2D eigenvalue weighted by molar-refractivity contribution is 6.08. The van der Waals surface area contributed by atoms with Gasteiger partial charge in [0.2, 0.25) is 11.8 Å². The SMILES string of the molecule is CC[C@H]1C(=O)N(c2cc(C)c(C)c(OC)c2)[C@H]1c1ccc(C)c(O)c1.COc1cc(N2C(=O)C3(CC3)[C@@H]2c2ccc(C)c(O)c2)cc(C)c1C. The number of amides is 2. The minimum Gasteiger partial charge on any atom is -0.508 e. The number of aryl methyl sites for hydroxylation is 4. The van der Waals surface area contributed by atoms with Crippen LogP contribution in [0, 0.1) is 52.9 Å². The molecule has 8 heteroatoms. The molecule has 50 heavy (non-hydrogen) atoms. The maximum atomic E-state index is 12.9. The molecule has 3 atom stereocenters. The van der Waals surface area contributed by atoms with Crippen LogP contribution in [0.5, 0.6) is 23.0 Å². The Morgan fingerprint density at radius 2 is 1.16 bits per heavy atom. The number of hydrogen-bond donors (Lipinski definition) is 2. The number of phenols is 2. The standard InChI is InChI=1S/C21H23NO3.C21H25NO3/c1-12-5-6-15(10-17(12)23)19-21(7-8-21)20(24)22(19)16-9-13(2)14(3)18(11-16)25-4;1-6-17-20(15-8-7-12(2)18(23)10-15)22(21(17)24)16-9-13(3)14(4)19(11-16)25-5/h5-6,9-11,19,23H,7-8H2,1-4H3;7-11,17,20,23H,6H2,1-5H3/t19-;17-,20+/m01/s1. The van der Waals surface area contributed by atoms with E-state index in [1.165, 1.54) is 0 Å². The maximum Gasteiger partial charge on any atom is 0.236 e. The molecule has 0 unspecified atom stereocenters. The van der Waals surface area contributed by atoms with Crippen LogP contribution in [0.3, 0.4) is 0 Å². The van der Waals surface area contributed by atoms with Crippen LogP contribution >= 0.6 is 0 Å². The predicted molar refractivity (Wildman–Crippen MR) is 197 cm³/mol. The van der Waals surface area contributed by atoms with Gasteiger partial charge in [0.05, 0.1) is 37.6 Å². The summed E-state index contributed by atoms with van der Waals surface area (Å²) in [6, 6.07) is 19.3. The second-order valence-electron chi connectivity index (χ2n) is 14.2. The number of phenolic OH excluding ortho intramolecular Hbond substituents is 2. The smallest absolute Gasteiger partial charge is 0.236 e. The van der Waals surface area contributed by atoms with Gasteiger partial charge >= 0.3 is 0 Å². The number of nitrogens with zero attached hydrogens (tertiary/aromatic N) is 2. The molecule has 0 radical (unpaired) electrons. The third-order valence-corrected chi connectivity index (χ3v) is 11.2. The first-order valence-corrected chi connectivity index (χ1v) is 17.3. The second-order valence-corrected chi connectivity index (χ2v) is 14.2. The lowest BCUT2D eigenvalue weighted by atomic mass is 9.78. The van der Waals surface area contributed by atoms with Crippen molar-refractivity contribution in [2.75, 3.05) is 24.0 Å². The van der Waals surface area contributed by atoms with Crippen molar-refractivity contribution in [3.63, 3.8) is 0 Å². The molecule has 3 fully saturated rings. The number of ether oxygens (including phenoxy) is 2. The number of β-lactam (4-membered cyclic amide) rings is 2. The molecule has 3 aliphatic rings. The number of carbonyl (C=O) groups is 2. The Hall–Kier alpha value is -4.98. The van der Waals surface area contributed by atoms with Gasteiger partial charge in [-0.25, -0.2) is 0 Å². The normalized spacial score (nSPS) is 20.1. The Kier molecular flexibility index (Phi) is 9.10. The molecule has 1 spiro atoms. The fraction of sp³-hybridized carbons (Fsp3) is 0.381. The van der Waals surface area contributed by atoms with E-state index in [4.69, 9.17) is 9.47 Å². The number of hydrogen-bond acceptors (Lipinski definition) is 6. The fourth-order valence-electron chi connectivity index (χ4n) is 7.55. The zero-order chi connectivity index (χ0) is 36.2. The first-order valence-electron chi connectivity index (χ1n) is 17.3. The van der Waals surface area contributed by atoms with Crippen LogP contribution in [0.4, 0.5) is 11.4 Å². The van der Waals surface area contributed by atoms with E-state index in [1.54, 1.807) is 26.4 Å². The Bertz CT molecular complexity index is 2000. The van der Waals surface area contributed by atoms with E-state index < -0.39 is 0 Å². The van der Waals surface area contributed by atoms with Crippen molar-refractivity contribution in [2.24, 2.45) is 11.3 Å². The quantitative estimate of drug-likeness (QED) is 0.190. The van der Waals surface area contributed by atoms with Gasteiger partial charge in [0, 0.05) is 23.5 Å². The van der Waals surface area contributed by atoms with Crippen LogP contribution in [0.25, 0.3) is 0 Å². The molecule has 4 aromatic rings. The van der Waals surface area contributed by atoms with Gasteiger partial charge in [-0.2, -0.15) is 0 Å². The molecule has 0 bridgehead atoms. The van der Waals surface area contributed by atoms with Crippen LogP contribution in [-0.4, -0.2) is 36.2 Å². The van der Waals surface area contributed by atoms with Gasteiger partial charge in [0.1, 0.15) is 23.0 Å². The van der Waals surface area contributed by atoms with Gasteiger partial charge in [0.25, 0.3) is 0 Å². The molecule has 8 nitrogen and oxygen atoms in total. The summed E-state index contributed by atoms with van der Waals surface area (Å²) in [5, 5.41) is 20.2. The molecule has 262 valence electrons. The average molecular weight is 677 g/mol. The van der Waals surface area contributed by atoms with Crippen molar-refractivity contribution >= 4 is 23.2 Å². The Labute approximate surface area is 295 Å². The molecule has 7 rings (SSSR count). The molecular weight excluding hydrogens is 628 g/mol. The lowest BCUT2D eigenvalue weighted by molar-refractivity contribution is -0.132. The van der Waals surface area contributed by atoms with Crippen LogP contribution in [0.1, 0.15) is 82.8 Å². The number of benzene rings is 4. The molecule has 1 saturated carbocycles. The average Bonchev–Trinajstić information content (AvgIpc) is 3.92. The van der Waals surface area contributed by atoms with Crippen molar-refractivity contribution in [1.29, 1.82) is 0 Å². The van der Waals surface area contributed by atoms with Crippen molar-refractivity contribution in [3.05, 3.63) is 105 Å². The summed E-state index contributed by atoms with van der Waals surface area (Å²) < 4.78 is 11.0. The van der Waals surface area contributed by atoms with E-state index in [1.807, 2.05) is 107 Å². The predicted octanol–water partition coefficient (Wildman–Crippen LogP) is 8.63. The van der Waals surface area contributed by atoms with E-state index in [0.29, 0.717) is 0 Å². The molecule has 2 aliphatic heterocycles. The molecular formula is C42H48N2O6. The van der Waals surface area contributed by atoms with E-state index in [0.717, 1.165) is 86.6 Å². The molecule has 2 amide bonds. The highest BCUT2D eigenvalue weighted by Gasteiger charge is 2.68. The third-order valence-electron chi connectivity index (χ3n) is 11.2. The number of aromatic hydroxyl groups is 2. The molecule has 2 saturated heterocycles. The van der Waals surface area contributed by atoms with Gasteiger partial charge in [-0.05, 0) is 130 Å². The summed E-state index contributed by atoms with van der Waals surface area (Å²) in [5.74, 6) is 2.38. The van der Waals surface area contributed by atoms with Crippen LogP contribution in [0.15, 0.2) is 60.7 Å². The first-order chi connectivity index (χ1) is 23.8. The molecule has 2 N–H and O–H groups in total. The summed E-state index contributed by atoms with van der Waals surface area (Å²) in [6.45, 7) is 13.9. The van der Waals surface area contributed by atoms with Crippen molar-refractivity contribution < 1.29 is 29.3 Å². The Morgan fingerprint density at radius 3 is 1.62 bits per heavy atom. The van der Waals surface area contributed by atoms with E-state index in [-0.39, 0.29) is 46.7 Å².